The molecule has 0 aromatic carbocycles. The molecule has 1 fully saturated rings. The number of carbonyl (C=O) groups is 8. The third-order valence-electron chi connectivity index (χ3n) is 3.92. The van der Waals surface area contributed by atoms with Crippen LogP contribution in [0.2, 0.25) is 0 Å². The molecule has 1 aliphatic rings. The molecule has 0 aliphatic carbocycles. The molecule has 0 unspecified atom stereocenters. The first-order valence-corrected chi connectivity index (χ1v) is 9.76. The molecular weight excluding hydrogens is 432 g/mol. The van der Waals surface area contributed by atoms with Gasteiger partial charge in [0, 0.05) is 45.2 Å². The summed E-state index contributed by atoms with van der Waals surface area (Å²) >= 11 is 0. The summed E-state index contributed by atoms with van der Waals surface area (Å²) in [5.41, 5.74) is 0. The van der Waals surface area contributed by atoms with E-state index in [2.05, 4.69) is 20.3 Å². The zero-order chi connectivity index (χ0) is 24.1. The van der Waals surface area contributed by atoms with Gasteiger partial charge < -0.3 is 20.3 Å². The number of carbonyl (C=O) groups excluding carboxylic acids is 8. The minimum atomic E-state index is -0.938. The van der Waals surface area contributed by atoms with Crippen LogP contribution in [0.4, 0.5) is 0 Å². The Bertz CT molecular complexity index is 766. The lowest BCUT2D eigenvalue weighted by molar-refractivity contribution is -0.197. The molecule has 0 aromatic rings. The zero-order valence-corrected chi connectivity index (χ0v) is 17.4. The second-order valence-electron chi connectivity index (χ2n) is 6.39. The maximum Gasteiger partial charge on any atom is 0.333 e. The summed E-state index contributed by atoms with van der Waals surface area (Å²) < 4.78 is 0. The van der Waals surface area contributed by atoms with Crippen LogP contribution < -0.4 is 10.6 Å². The minimum absolute atomic E-state index is 0.0325. The van der Waals surface area contributed by atoms with Gasteiger partial charge in [-0.3, -0.25) is 28.8 Å². The van der Waals surface area contributed by atoms with Gasteiger partial charge in [0.05, 0.1) is 12.8 Å². The molecule has 14 heteroatoms. The summed E-state index contributed by atoms with van der Waals surface area (Å²) in [6, 6.07) is 0. The third kappa shape index (κ3) is 9.32. The Labute approximate surface area is 182 Å². The van der Waals surface area contributed by atoms with Crippen LogP contribution in [0.15, 0.2) is 0 Å². The first kappa shape index (κ1) is 26.2. The number of hydrogen-bond acceptors (Lipinski definition) is 10. The van der Waals surface area contributed by atoms with Crippen LogP contribution >= 0.6 is 0 Å². The fraction of sp³-hybridized carbons (Fsp3) is 0.556. The van der Waals surface area contributed by atoms with Gasteiger partial charge in [0.2, 0.25) is 11.8 Å². The van der Waals surface area contributed by atoms with Gasteiger partial charge >= 0.3 is 11.9 Å². The molecule has 32 heavy (non-hydrogen) atoms. The monoisotopic (exact) mass is 456 g/mol. The normalized spacial score (nSPS) is 12.7. The molecule has 1 heterocycles. The van der Waals surface area contributed by atoms with Gasteiger partial charge in [0.1, 0.15) is 0 Å². The third-order valence-corrected chi connectivity index (χ3v) is 3.92. The highest BCUT2D eigenvalue weighted by Gasteiger charge is 2.32. The highest BCUT2D eigenvalue weighted by Crippen LogP contribution is 2.12. The molecule has 14 nitrogen and oxygen atoms in total. The second-order valence-corrected chi connectivity index (χ2v) is 6.39. The van der Waals surface area contributed by atoms with Crippen molar-refractivity contribution in [1.29, 1.82) is 0 Å². The predicted molar refractivity (Wildman–Crippen MR) is 101 cm³/mol. The van der Waals surface area contributed by atoms with Gasteiger partial charge in [0.25, 0.3) is 24.1 Å². The van der Waals surface area contributed by atoms with Crippen LogP contribution in [-0.4, -0.2) is 71.1 Å². The second kappa shape index (κ2) is 13.5. The van der Waals surface area contributed by atoms with Crippen molar-refractivity contribution in [2.75, 3.05) is 13.1 Å². The van der Waals surface area contributed by atoms with Crippen molar-refractivity contribution >= 4 is 47.9 Å². The average molecular weight is 456 g/mol. The van der Waals surface area contributed by atoms with E-state index < -0.39 is 41.5 Å². The van der Waals surface area contributed by atoms with Crippen LogP contribution in [0.25, 0.3) is 0 Å². The fourth-order valence-electron chi connectivity index (χ4n) is 2.26. The summed E-state index contributed by atoms with van der Waals surface area (Å²) in [4.78, 5) is 100. The topological polar surface area (TPSA) is 186 Å². The highest BCUT2D eigenvalue weighted by atomic mass is 16.7. The van der Waals surface area contributed by atoms with Crippen molar-refractivity contribution in [3.8, 4) is 0 Å². The van der Waals surface area contributed by atoms with Gasteiger partial charge in [-0.15, -0.1) is 10.1 Å². The first-order chi connectivity index (χ1) is 15.2. The van der Waals surface area contributed by atoms with Crippen LogP contribution in [-0.2, 0) is 48.0 Å². The number of rotatable bonds is 12. The number of amides is 6. The molecule has 0 bridgehead atoms. The molecular formula is C18H24N4O10. The Hall–Kier alpha value is -3.84. The summed E-state index contributed by atoms with van der Waals surface area (Å²) in [5, 5.41) is 5.52. The minimum Gasteiger partial charge on any atom is -0.354 e. The fourth-order valence-corrected chi connectivity index (χ4v) is 2.26. The van der Waals surface area contributed by atoms with Gasteiger partial charge in [0.15, 0.2) is 0 Å². The molecule has 0 radical (unpaired) electrons. The lowest BCUT2D eigenvalue weighted by Crippen LogP contribution is -2.36. The zero-order valence-electron chi connectivity index (χ0n) is 17.4. The van der Waals surface area contributed by atoms with E-state index in [1.165, 1.54) is 6.92 Å². The largest absolute Gasteiger partial charge is 0.354 e. The van der Waals surface area contributed by atoms with Crippen molar-refractivity contribution in [2.45, 2.75) is 51.9 Å². The van der Waals surface area contributed by atoms with E-state index in [1.807, 2.05) is 0 Å². The molecule has 176 valence electrons. The Balaban J connectivity index is 2.14. The molecule has 0 aromatic heterocycles. The maximum absolute atomic E-state index is 11.7. The van der Waals surface area contributed by atoms with E-state index >= 15 is 0 Å². The Morgan fingerprint density at radius 1 is 0.906 bits per heavy atom. The van der Waals surface area contributed by atoms with E-state index in [-0.39, 0.29) is 69.5 Å². The molecule has 6 amide bonds. The number of hydrogen-bond donors (Lipinski definition) is 2. The van der Waals surface area contributed by atoms with E-state index in [0.717, 1.165) is 0 Å². The van der Waals surface area contributed by atoms with Crippen LogP contribution in [0.3, 0.4) is 0 Å². The number of hydroxylamine groups is 4. The number of nitrogens with one attached hydrogen (secondary N) is 2. The summed E-state index contributed by atoms with van der Waals surface area (Å²) in [6.45, 7) is 1.55. The molecule has 1 rings (SSSR count). The summed E-state index contributed by atoms with van der Waals surface area (Å²) in [5.74, 6) is -4.84. The molecule has 0 saturated carbocycles. The van der Waals surface area contributed by atoms with Crippen LogP contribution in [0.5, 0.6) is 0 Å². The maximum atomic E-state index is 11.7. The highest BCUT2D eigenvalue weighted by molar-refractivity contribution is 6.01. The average Bonchev–Trinajstić information content (AvgIpc) is 3.08. The van der Waals surface area contributed by atoms with Gasteiger partial charge in [-0.05, 0) is 0 Å². The van der Waals surface area contributed by atoms with Crippen molar-refractivity contribution in [1.82, 2.24) is 20.8 Å². The Morgan fingerprint density at radius 3 is 1.88 bits per heavy atom. The van der Waals surface area contributed by atoms with E-state index in [9.17, 15) is 38.4 Å². The number of imide groups is 2. The van der Waals surface area contributed by atoms with E-state index in [0.29, 0.717) is 5.06 Å². The lowest BCUT2D eigenvalue weighted by Gasteiger charge is -2.13. The Kier molecular flexibility index (Phi) is 11.0. The lowest BCUT2D eigenvalue weighted by atomic mass is 10.3. The van der Waals surface area contributed by atoms with Crippen molar-refractivity contribution in [3.63, 3.8) is 0 Å². The molecule has 2 N–H and O–H groups in total. The summed E-state index contributed by atoms with van der Waals surface area (Å²) in [6.07, 6.45) is -1.29. The van der Waals surface area contributed by atoms with Gasteiger partial charge in [-0.1, -0.05) is 6.92 Å². The van der Waals surface area contributed by atoms with Crippen molar-refractivity contribution in [3.05, 3.63) is 0 Å². The van der Waals surface area contributed by atoms with Crippen LogP contribution in [0, 0.1) is 0 Å². The predicted octanol–water partition coefficient (Wildman–Crippen LogP) is -1.76. The SMILES string of the molecule is CCC(=O)N(C=O)OC(=O)CCC(=O)NCCNC(=O)CCC(=O)ON1C(=O)CCC1=O. The Morgan fingerprint density at radius 2 is 1.41 bits per heavy atom. The van der Waals surface area contributed by atoms with Crippen LogP contribution in [0.1, 0.15) is 51.9 Å². The van der Waals surface area contributed by atoms with E-state index in [1.54, 1.807) is 0 Å². The van der Waals surface area contributed by atoms with Gasteiger partial charge in [-0.2, -0.15) is 0 Å². The van der Waals surface area contributed by atoms with Gasteiger partial charge in [-0.25, -0.2) is 9.59 Å². The number of nitrogens with zero attached hydrogens (tertiary/aromatic N) is 2. The smallest absolute Gasteiger partial charge is 0.333 e. The van der Waals surface area contributed by atoms with Crippen molar-refractivity contribution in [2.24, 2.45) is 0 Å². The molecule has 0 spiro atoms. The quantitative estimate of drug-likeness (QED) is 0.147. The van der Waals surface area contributed by atoms with E-state index in [4.69, 9.17) is 0 Å². The molecule has 1 aliphatic heterocycles. The molecule has 1 saturated heterocycles. The standard InChI is InChI=1S/C18H24N4O10/c1-2-14(26)21(11-23)31-17(29)7-3-12(24)19-9-10-20-13(25)4-8-18(30)32-22-15(27)5-6-16(22)28/h11H,2-10H2,1H3,(H,19,24)(H,20,25). The first-order valence-electron chi connectivity index (χ1n) is 9.76. The van der Waals surface area contributed by atoms with Crippen molar-refractivity contribution < 1.29 is 48.0 Å². The molecule has 0 atom stereocenters. The summed E-state index contributed by atoms with van der Waals surface area (Å²) in [7, 11) is 0.